The van der Waals surface area contributed by atoms with Gasteiger partial charge in [-0.25, -0.2) is 0 Å². The highest BCUT2D eigenvalue weighted by atomic mass is 16.5. The summed E-state index contributed by atoms with van der Waals surface area (Å²) in [5.41, 5.74) is 2.34. The van der Waals surface area contributed by atoms with Gasteiger partial charge in [-0.3, -0.25) is 14.4 Å². The molecule has 0 aliphatic carbocycles. The standard InChI is InChI=1S/C24H24O7/c1-13(2)5-10-18-22(30-15(4)26)12-20(28)23-19(27)11-21(31-24(18)23)16-6-8-17(9-7-16)29-14(3)25/h5-9,12,21,28H,10-11H2,1-4H3/t21-/m1/s1. The number of hydrogen-bond acceptors (Lipinski definition) is 7. The summed E-state index contributed by atoms with van der Waals surface area (Å²) in [4.78, 5) is 35.6. The number of phenolic OH excluding ortho intramolecular Hbond substituents is 1. The van der Waals surface area contributed by atoms with Gasteiger partial charge in [0.05, 0.1) is 6.42 Å². The van der Waals surface area contributed by atoms with Crippen LogP contribution < -0.4 is 14.2 Å². The highest BCUT2D eigenvalue weighted by molar-refractivity contribution is 6.03. The third kappa shape index (κ3) is 5.12. The van der Waals surface area contributed by atoms with Crippen molar-refractivity contribution in [2.75, 3.05) is 0 Å². The summed E-state index contributed by atoms with van der Waals surface area (Å²) >= 11 is 0. The molecule has 7 nitrogen and oxygen atoms in total. The van der Waals surface area contributed by atoms with Crippen LogP contribution in [0.3, 0.4) is 0 Å². The lowest BCUT2D eigenvalue weighted by Crippen LogP contribution is -2.22. The molecule has 0 saturated carbocycles. The minimum atomic E-state index is -0.608. The fourth-order valence-corrected chi connectivity index (χ4v) is 3.36. The third-order valence-corrected chi connectivity index (χ3v) is 4.71. The number of fused-ring (bicyclic) bond motifs is 1. The van der Waals surface area contributed by atoms with Gasteiger partial charge in [-0.15, -0.1) is 0 Å². The first-order valence-corrected chi connectivity index (χ1v) is 9.84. The second-order valence-corrected chi connectivity index (χ2v) is 7.55. The van der Waals surface area contributed by atoms with E-state index in [0.717, 1.165) is 5.57 Å². The molecule has 0 unspecified atom stereocenters. The van der Waals surface area contributed by atoms with E-state index in [0.29, 0.717) is 23.3 Å². The van der Waals surface area contributed by atoms with Crippen LogP contribution in [-0.2, 0) is 16.0 Å². The summed E-state index contributed by atoms with van der Waals surface area (Å²) in [6, 6.07) is 7.96. The van der Waals surface area contributed by atoms with Crippen LogP contribution in [0, 0.1) is 0 Å². The number of ether oxygens (including phenoxy) is 3. The third-order valence-electron chi connectivity index (χ3n) is 4.71. The van der Waals surface area contributed by atoms with E-state index in [4.69, 9.17) is 14.2 Å². The molecule has 0 aromatic heterocycles. The largest absolute Gasteiger partial charge is 0.507 e. The lowest BCUT2D eigenvalue weighted by atomic mass is 9.92. The van der Waals surface area contributed by atoms with Crippen LogP contribution in [0.25, 0.3) is 0 Å². The Morgan fingerprint density at radius 2 is 1.74 bits per heavy atom. The number of benzene rings is 2. The summed E-state index contributed by atoms with van der Waals surface area (Å²) in [6.45, 7) is 6.44. The molecule has 3 rings (SSSR count). The van der Waals surface area contributed by atoms with Crippen LogP contribution in [0.5, 0.6) is 23.0 Å². The minimum Gasteiger partial charge on any atom is -0.507 e. The Bertz CT molecular complexity index is 1060. The quantitative estimate of drug-likeness (QED) is 0.430. The van der Waals surface area contributed by atoms with Gasteiger partial charge in [0.1, 0.15) is 34.7 Å². The van der Waals surface area contributed by atoms with Crippen molar-refractivity contribution in [1.29, 1.82) is 0 Å². The maximum Gasteiger partial charge on any atom is 0.308 e. The van der Waals surface area contributed by atoms with E-state index in [1.807, 2.05) is 19.9 Å². The lowest BCUT2D eigenvalue weighted by Gasteiger charge is -2.28. The second kappa shape index (κ2) is 9.04. The Hall–Kier alpha value is -3.61. The van der Waals surface area contributed by atoms with E-state index in [2.05, 4.69) is 0 Å². The van der Waals surface area contributed by atoms with Gasteiger partial charge in [0.15, 0.2) is 5.78 Å². The molecule has 0 amide bonds. The summed E-state index contributed by atoms with van der Waals surface area (Å²) in [5.74, 6) is -0.793. The van der Waals surface area contributed by atoms with Gasteiger partial charge in [0, 0.05) is 25.5 Å². The smallest absolute Gasteiger partial charge is 0.308 e. The Morgan fingerprint density at radius 1 is 1.10 bits per heavy atom. The predicted octanol–water partition coefficient (Wildman–Crippen LogP) is 4.46. The lowest BCUT2D eigenvalue weighted by molar-refractivity contribution is -0.132. The molecule has 0 spiro atoms. The predicted molar refractivity (Wildman–Crippen MR) is 113 cm³/mol. The molecular formula is C24H24O7. The maximum atomic E-state index is 12.9. The fourth-order valence-electron chi connectivity index (χ4n) is 3.36. The average molecular weight is 424 g/mol. The zero-order chi connectivity index (χ0) is 22.7. The van der Waals surface area contributed by atoms with Crippen LogP contribution in [0.15, 0.2) is 42.0 Å². The second-order valence-electron chi connectivity index (χ2n) is 7.55. The van der Waals surface area contributed by atoms with E-state index in [9.17, 15) is 19.5 Å². The molecule has 31 heavy (non-hydrogen) atoms. The number of allylic oxidation sites excluding steroid dienone is 2. The zero-order valence-electron chi connectivity index (χ0n) is 17.9. The van der Waals surface area contributed by atoms with E-state index < -0.39 is 18.0 Å². The molecule has 0 fully saturated rings. The van der Waals surface area contributed by atoms with Crippen LogP contribution in [-0.4, -0.2) is 22.8 Å². The van der Waals surface area contributed by atoms with E-state index in [1.165, 1.54) is 19.9 Å². The minimum absolute atomic E-state index is 0.0302. The summed E-state index contributed by atoms with van der Waals surface area (Å²) in [7, 11) is 0. The first-order chi connectivity index (χ1) is 14.7. The van der Waals surface area contributed by atoms with Crippen LogP contribution in [0.4, 0.5) is 0 Å². The van der Waals surface area contributed by atoms with Gasteiger partial charge in [-0.1, -0.05) is 23.8 Å². The summed E-state index contributed by atoms with van der Waals surface area (Å²) < 4.78 is 16.5. The van der Waals surface area contributed by atoms with Crippen molar-refractivity contribution >= 4 is 17.7 Å². The number of aromatic hydroxyl groups is 1. The number of hydrogen-bond donors (Lipinski definition) is 1. The number of esters is 2. The Labute approximate surface area is 180 Å². The molecule has 1 aliphatic heterocycles. The molecule has 1 heterocycles. The number of carbonyl (C=O) groups is 3. The molecule has 162 valence electrons. The Morgan fingerprint density at radius 3 is 2.32 bits per heavy atom. The van der Waals surface area contributed by atoms with Crippen LogP contribution >= 0.6 is 0 Å². The topological polar surface area (TPSA) is 99.1 Å². The van der Waals surface area contributed by atoms with Gasteiger partial charge in [-0.05, 0) is 38.0 Å². The molecule has 0 bridgehead atoms. The van der Waals surface area contributed by atoms with Crippen LogP contribution in [0.1, 0.15) is 61.7 Å². The number of rotatable bonds is 5. The van der Waals surface area contributed by atoms with Crippen LogP contribution in [0.2, 0.25) is 0 Å². The highest BCUT2D eigenvalue weighted by Crippen LogP contribution is 2.46. The van der Waals surface area contributed by atoms with Crippen molar-refractivity contribution in [3.63, 3.8) is 0 Å². The molecule has 0 saturated heterocycles. The van der Waals surface area contributed by atoms with Crippen molar-refractivity contribution in [2.24, 2.45) is 0 Å². The molecular weight excluding hydrogens is 400 g/mol. The molecule has 0 radical (unpaired) electrons. The number of ketones is 1. The monoisotopic (exact) mass is 424 g/mol. The first-order valence-electron chi connectivity index (χ1n) is 9.84. The van der Waals surface area contributed by atoms with Crippen molar-refractivity contribution in [3.8, 4) is 23.0 Å². The normalized spacial score (nSPS) is 14.8. The fraction of sp³-hybridized carbons (Fsp3) is 0.292. The first kappa shape index (κ1) is 22.1. The summed E-state index contributed by atoms with van der Waals surface area (Å²) in [6.07, 6.45) is 1.70. The van der Waals surface area contributed by atoms with Gasteiger partial charge in [0.2, 0.25) is 0 Å². The van der Waals surface area contributed by atoms with Crippen molar-refractivity contribution < 1.29 is 33.7 Å². The number of Topliss-reactive ketones (excluding diaryl/α,β-unsaturated/α-hetero) is 1. The van der Waals surface area contributed by atoms with Crippen molar-refractivity contribution in [2.45, 2.75) is 46.6 Å². The Kier molecular flexibility index (Phi) is 6.44. The van der Waals surface area contributed by atoms with Crippen molar-refractivity contribution in [1.82, 2.24) is 0 Å². The Balaban J connectivity index is 2.04. The molecule has 2 aromatic rings. The van der Waals surface area contributed by atoms with Gasteiger partial charge >= 0.3 is 11.9 Å². The van der Waals surface area contributed by atoms with Gasteiger partial charge in [0.25, 0.3) is 0 Å². The highest BCUT2D eigenvalue weighted by Gasteiger charge is 2.34. The van der Waals surface area contributed by atoms with E-state index >= 15 is 0 Å². The summed E-state index contributed by atoms with van der Waals surface area (Å²) in [5, 5.41) is 10.4. The number of carbonyl (C=O) groups excluding carboxylic acids is 3. The SMILES string of the molecule is CC(=O)Oc1ccc([C@H]2CC(=O)c3c(O)cc(OC(C)=O)c(CC=C(C)C)c3O2)cc1. The molecule has 1 N–H and O–H groups in total. The van der Waals surface area contributed by atoms with Crippen molar-refractivity contribution in [3.05, 3.63) is 58.7 Å². The van der Waals surface area contributed by atoms with Gasteiger partial charge in [-0.2, -0.15) is 0 Å². The molecule has 7 heteroatoms. The molecule has 2 aromatic carbocycles. The number of phenols is 1. The maximum absolute atomic E-state index is 12.9. The van der Waals surface area contributed by atoms with E-state index in [1.54, 1.807) is 24.3 Å². The average Bonchev–Trinajstić information content (AvgIpc) is 2.66. The molecule has 1 aliphatic rings. The zero-order valence-corrected chi connectivity index (χ0v) is 17.9. The van der Waals surface area contributed by atoms with Gasteiger partial charge < -0.3 is 19.3 Å². The molecule has 1 atom stereocenters. The van der Waals surface area contributed by atoms with E-state index in [-0.39, 0.29) is 35.0 Å².